The lowest BCUT2D eigenvalue weighted by Crippen LogP contribution is -2.30. The van der Waals surface area contributed by atoms with Gasteiger partial charge in [-0.15, -0.1) is 6.42 Å². The molecule has 4 nitrogen and oxygen atoms in total. The summed E-state index contributed by atoms with van der Waals surface area (Å²) in [6.45, 7) is -0.0226. The maximum Gasteiger partial charge on any atom is 0.244 e. The minimum Gasteiger partial charge on any atom is -0.460 e. The molecule has 0 aliphatic carbocycles. The van der Waals surface area contributed by atoms with Gasteiger partial charge < -0.3 is 4.42 Å². The van der Waals surface area contributed by atoms with Crippen molar-refractivity contribution in [1.82, 2.24) is 4.31 Å². The summed E-state index contributed by atoms with van der Waals surface area (Å²) >= 11 is 6.18. The molecule has 2 aromatic carbocycles. The number of rotatable bonds is 6. The molecular weight excluding hydrogens is 370 g/mol. The van der Waals surface area contributed by atoms with Crippen molar-refractivity contribution in [3.63, 3.8) is 0 Å². The first kappa shape index (κ1) is 18.3. The van der Waals surface area contributed by atoms with Crippen molar-refractivity contribution in [2.24, 2.45) is 0 Å². The number of hydrogen-bond acceptors (Lipinski definition) is 3. The largest absolute Gasteiger partial charge is 0.460 e. The van der Waals surface area contributed by atoms with Gasteiger partial charge >= 0.3 is 0 Å². The van der Waals surface area contributed by atoms with Crippen LogP contribution in [0.4, 0.5) is 0 Å². The molecule has 0 unspecified atom stereocenters. The van der Waals surface area contributed by atoms with Gasteiger partial charge in [0, 0.05) is 5.56 Å². The Morgan fingerprint density at radius 1 is 1.00 bits per heavy atom. The van der Waals surface area contributed by atoms with Crippen molar-refractivity contribution >= 4 is 21.6 Å². The van der Waals surface area contributed by atoms with E-state index in [9.17, 15) is 8.42 Å². The molecule has 3 aromatic rings. The Hall–Kier alpha value is -2.52. The summed E-state index contributed by atoms with van der Waals surface area (Å²) in [6.07, 6.45) is 5.37. The molecule has 0 amide bonds. The summed E-state index contributed by atoms with van der Waals surface area (Å²) in [5.74, 6) is 3.45. The number of hydrogen-bond donors (Lipinski definition) is 0. The Morgan fingerprint density at radius 3 is 2.38 bits per heavy atom. The predicted octanol–water partition coefficient (Wildman–Crippen LogP) is 4.42. The number of benzene rings is 2. The van der Waals surface area contributed by atoms with E-state index in [0.717, 1.165) is 5.56 Å². The molecule has 6 heteroatoms. The number of terminal acetylenes is 1. The van der Waals surface area contributed by atoms with Crippen molar-refractivity contribution < 1.29 is 12.8 Å². The highest BCUT2D eigenvalue weighted by Crippen LogP contribution is 2.30. The van der Waals surface area contributed by atoms with Gasteiger partial charge in [-0.05, 0) is 36.4 Å². The molecule has 1 heterocycles. The van der Waals surface area contributed by atoms with Gasteiger partial charge in [0.05, 0.1) is 23.0 Å². The predicted molar refractivity (Wildman–Crippen MR) is 102 cm³/mol. The molecule has 1 aromatic heterocycles. The lowest BCUT2D eigenvalue weighted by Gasteiger charge is -2.18. The van der Waals surface area contributed by atoms with Crippen LogP contribution in [0, 0.1) is 12.3 Å². The summed E-state index contributed by atoms with van der Waals surface area (Å²) in [5.41, 5.74) is 0.745. The van der Waals surface area contributed by atoms with Gasteiger partial charge in [0.15, 0.2) is 0 Å². The van der Waals surface area contributed by atoms with Gasteiger partial charge in [-0.3, -0.25) is 0 Å². The van der Waals surface area contributed by atoms with E-state index in [1.807, 2.05) is 18.2 Å². The van der Waals surface area contributed by atoms with Crippen LogP contribution in [-0.4, -0.2) is 19.3 Å². The highest BCUT2D eigenvalue weighted by atomic mass is 35.5. The molecule has 0 aliphatic rings. The molecule has 0 N–H and O–H groups in total. The van der Waals surface area contributed by atoms with E-state index < -0.39 is 10.0 Å². The van der Waals surface area contributed by atoms with E-state index in [4.69, 9.17) is 22.4 Å². The minimum absolute atomic E-state index is 0.0336. The van der Waals surface area contributed by atoms with Crippen molar-refractivity contribution in [2.75, 3.05) is 6.54 Å². The van der Waals surface area contributed by atoms with Crippen LogP contribution in [0.15, 0.2) is 76.0 Å². The fourth-order valence-electron chi connectivity index (χ4n) is 2.51. The van der Waals surface area contributed by atoms with Gasteiger partial charge in [0.2, 0.25) is 10.0 Å². The van der Waals surface area contributed by atoms with Gasteiger partial charge in [-0.25, -0.2) is 8.42 Å². The van der Waals surface area contributed by atoms with Gasteiger partial charge in [0.25, 0.3) is 0 Å². The zero-order valence-electron chi connectivity index (χ0n) is 13.8. The van der Waals surface area contributed by atoms with Gasteiger partial charge in [-0.2, -0.15) is 4.31 Å². The number of furan rings is 1. The maximum atomic E-state index is 12.8. The van der Waals surface area contributed by atoms with Gasteiger partial charge in [-0.1, -0.05) is 47.9 Å². The molecular formula is C20H16ClNO3S. The van der Waals surface area contributed by atoms with E-state index in [-0.39, 0.29) is 18.0 Å². The van der Waals surface area contributed by atoms with Crippen molar-refractivity contribution in [3.05, 3.63) is 77.5 Å². The van der Waals surface area contributed by atoms with Crippen LogP contribution in [-0.2, 0) is 16.6 Å². The lowest BCUT2D eigenvalue weighted by molar-refractivity contribution is 0.393. The van der Waals surface area contributed by atoms with Crippen LogP contribution in [0.5, 0.6) is 0 Å². The first-order valence-electron chi connectivity index (χ1n) is 7.84. The van der Waals surface area contributed by atoms with Crippen LogP contribution in [0.1, 0.15) is 5.76 Å². The summed E-state index contributed by atoms with van der Waals surface area (Å²) in [7, 11) is -3.72. The second-order valence-electron chi connectivity index (χ2n) is 5.54. The first-order chi connectivity index (χ1) is 12.5. The number of sulfonamides is 1. The smallest absolute Gasteiger partial charge is 0.244 e. The molecule has 0 saturated heterocycles. The molecule has 0 saturated carbocycles. The molecule has 3 rings (SSSR count). The zero-order chi connectivity index (χ0) is 18.6. The molecule has 0 fully saturated rings. The summed E-state index contributed by atoms with van der Waals surface area (Å²) in [5, 5.41) is 0.561. The Balaban J connectivity index is 1.88. The molecule has 0 atom stereocenters. The van der Waals surface area contributed by atoms with Crippen LogP contribution < -0.4 is 0 Å². The standard InChI is InChI=1S/C20H16ClNO3S/c1-2-14-22(26(23,24)17-8-4-3-5-9-17)15-16-12-13-20(25-16)18-10-6-7-11-19(18)21/h1,3-13H,14-15H2. The Morgan fingerprint density at radius 2 is 1.69 bits per heavy atom. The van der Waals surface area contributed by atoms with E-state index in [1.54, 1.807) is 36.4 Å². The van der Waals surface area contributed by atoms with Crippen LogP contribution >= 0.6 is 11.6 Å². The first-order valence-corrected chi connectivity index (χ1v) is 9.66. The Labute approximate surface area is 158 Å². The summed E-state index contributed by atoms with van der Waals surface area (Å²) < 4.78 is 32.7. The number of halogens is 1. The Bertz CT molecular complexity index is 1040. The highest BCUT2D eigenvalue weighted by Gasteiger charge is 2.25. The molecule has 0 spiro atoms. The Kier molecular flexibility index (Phi) is 5.48. The average Bonchev–Trinajstić information content (AvgIpc) is 3.11. The fourth-order valence-corrected chi connectivity index (χ4v) is 4.08. The second kappa shape index (κ2) is 7.79. The van der Waals surface area contributed by atoms with Crippen LogP contribution in [0.2, 0.25) is 5.02 Å². The van der Waals surface area contributed by atoms with E-state index >= 15 is 0 Å². The van der Waals surface area contributed by atoms with Crippen LogP contribution in [0.3, 0.4) is 0 Å². The summed E-state index contributed by atoms with van der Waals surface area (Å²) in [4.78, 5) is 0.188. The second-order valence-corrected chi connectivity index (χ2v) is 7.88. The SMILES string of the molecule is C#CCN(Cc1ccc(-c2ccccc2Cl)o1)S(=O)(=O)c1ccccc1. The molecule has 0 radical (unpaired) electrons. The third-order valence-electron chi connectivity index (χ3n) is 3.78. The normalized spacial score (nSPS) is 11.4. The van der Waals surface area contributed by atoms with Crippen molar-refractivity contribution in [3.8, 4) is 23.7 Å². The maximum absolute atomic E-state index is 12.8. The molecule has 132 valence electrons. The van der Waals surface area contributed by atoms with Crippen molar-refractivity contribution in [1.29, 1.82) is 0 Å². The van der Waals surface area contributed by atoms with Crippen LogP contribution in [0.25, 0.3) is 11.3 Å². The zero-order valence-corrected chi connectivity index (χ0v) is 15.4. The van der Waals surface area contributed by atoms with E-state index in [1.165, 1.54) is 16.4 Å². The molecule has 0 aliphatic heterocycles. The molecule has 26 heavy (non-hydrogen) atoms. The van der Waals surface area contributed by atoms with E-state index in [0.29, 0.717) is 16.5 Å². The van der Waals surface area contributed by atoms with Crippen molar-refractivity contribution in [2.45, 2.75) is 11.4 Å². The minimum atomic E-state index is -3.72. The highest BCUT2D eigenvalue weighted by molar-refractivity contribution is 7.89. The monoisotopic (exact) mass is 385 g/mol. The fraction of sp³-hybridized carbons (Fsp3) is 0.100. The summed E-state index contributed by atoms with van der Waals surface area (Å²) in [6, 6.07) is 19.0. The number of nitrogens with zero attached hydrogens (tertiary/aromatic N) is 1. The van der Waals surface area contributed by atoms with E-state index in [2.05, 4.69) is 5.92 Å². The topological polar surface area (TPSA) is 50.5 Å². The quantitative estimate of drug-likeness (QED) is 0.590. The lowest BCUT2D eigenvalue weighted by atomic mass is 10.2. The third-order valence-corrected chi connectivity index (χ3v) is 5.92. The molecule has 0 bridgehead atoms. The third kappa shape index (κ3) is 3.83. The average molecular weight is 386 g/mol. The van der Waals surface area contributed by atoms with Gasteiger partial charge in [0.1, 0.15) is 11.5 Å².